The zero-order chi connectivity index (χ0) is 15.7. The van der Waals surface area contributed by atoms with E-state index in [9.17, 15) is 13.2 Å². The van der Waals surface area contributed by atoms with Gasteiger partial charge in [-0.15, -0.1) is 10.2 Å². The first-order valence-electron chi connectivity index (χ1n) is 6.97. The van der Waals surface area contributed by atoms with Gasteiger partial charge in [0.05, 0.1) is 6.54 Å². The van der Waals surface area contributed by atoms with Crippen molar-refractivity contribution in [3.05, 3.63) is 29.6 Å². The number of rotatable bonds is 4. The second-order valence-electron chi connectivity index (χ2n) is 5.28. The normalized spacial score (nSPS) is 15.6. The number of alkyl halides is 3. The van der Waals surface area contributed by atoms with Crippen LogP contribution in [0.25, 0.3) is 0 Å². The number of hydrogen-bond acceptors (Lipinski definition) is 5. The Bertz CT molecular complexity index is 662. The second kappa shape index (κ2) is 5.54. The lowest BCUT2D eigenvalue weighted by molar-refractivity contribution is -0.141. The minimum absolute atomic E-state index is 0.0805. The second-order valence-corrected chi connectivity index (χ2v) is 5.28. The van der Waals surface area contributed by atoms with Gasteiger partial charge in [-0.05, 0) is 18.9 Å². The minimum Gasteiger partial charge on any atom is -0.347 e. The van der Waals surface area contributed by atoms with E-state index in [1.54, 1.807) is 0 Å². The largest absolute Gasteiger partial charge is 0.433 e. The fourth-order valence-electron chi connectivity index (χ4n) is 2.31. The molecule has 2 heterocycles. The molecule has 1 saturated carbocycles. The van der Waals surface area contributed by atoms with E-state index in [-0.39, 0.29) is 12.5 Å². The van der Waals surface area contributed by atoms with Crippen molar-refractivity contribution in [3.8, 4) is 0 Å². The summed E-state index contributed by atoms with van der Waals surface area (Å²) in [5.74, 6) is 1.93. The summed E-state index contributed by atoms with van der Waals surface area (Å²) in [6, 6.07) is 0.836. The van der Waals surface area contributed by atoms with Crippen molar-refractivity contribution in [2.75, 3.05) is 5.32 Å². The molecule has 0 unspecified atom stereocenters. The quantitative estimate of drug-likeness (QED) is 0.939. The summed E-state index contributed by atoms with van der Waals surface area (Å²) in [5.41, 5.74) is -0.974. The molecule has 0 spiro atoms. The highest BCUT2D eigenvalue weighted by Gasteiger charge is 2.32. The van der Waals surface area contributed by atoms with Gasteiger partial charge in [-0.2, -0.15) is 13.2 Å². The Balaban J connectivity index is 1.69. The highest BCUT2D eigenvalue weighted by atomic mass is 19.4. The summed E-state index contributed by atoms with van der Waals surface area (Å²) < 4.78 is 39.6. The van der Waals surface area contributed by atoms with Gasteiger partial charge in [0, 0.05) is 19.2 Å². The van der Waals surface area contributed by atoms with Crippen molar-refractivity contribution in [2.24, 2.45) is 7.05 Å². The predicted octanol–water partition coefficient (Wildman–Crippen LogP) is 2.50. The highest BCUT2D eigenvalue weighted by molar-refractivity contribution is 5.26. The van der Waals surface area contributed by atoms with Gasteiger partial charge in [0.25, 0.3) is 0 Å². The number of aromatic nitrogens is 5. The van der Waals surface area contributed by atoms with E-state index in [1.807, 2.05) is 11.6 Å². The van der Waals surface area contributed by atoms with Crippen LogP contribution in [0.3, 0.4) is 0 Å². The molecule has 1 N–H and O–H groups in total. The average Bonchev–Trinajstić information content (AvgIpc) is 2.76. The Morgan fingerprint density at radius 2 is 2.09 bits per heavy atom. The summed E-state index contributed by atoms with van der Waals surface area (Å²) in [5, 5.41) is 11.0. The molecule has 0 amide bonds. The molecule has 0 atom stereocenters. The summed E-state index contributed by atoms with van der Waals surface area (Å²) in [6.45, 7) is 0.220. The Morgan fingerprint density at radius 1 is 1.32 bits per heavy atom. The Morgan fingerprint density at radius 3 is 2.73 bits per heavy atom. The third kappa shape index (κ3) is 2.88. The van der Waals surface area contributed by atoms with E-state index in [0.29, 0.717) is 11.7 Å². The van der Waals surface area contributed by atoms with Crippen LogP contribution in [-0.2, 0) is 19.8 Å². The van der Waals surface area contributed by atoms with Crippen LogP contribution in [0.15, 0.2) is 12.3 Å². The molecule has 1 fully saturated rings. The van der Waals surface area contributed by atoms with Crippen LogP contribution in [0.2, 0.25) is 0 Å². The van der Waals surface area contributed by atoms with E-state index in [0.717, 1.165) is 30.9 Å². The van der Waals surface area contributed by atoms with Gasteiger partial charge >= 0.3 is 6.18 Å². The molecule has 0 bridgehead atoms. The standard InChI is InChI=1S/C13H15F3N6/c1-22-10(20-21-11(22)8-3-2-4-8)7-18-12-17-6-5-9(19-12)13(14,15)16/h5-6,8H,2-4,7H2,1H3,(H,17,18,19). The van der Waals surface area contributed by atoms with Gasteiger partial charge in [0.1, 0.15) is 11.5 Å². The Labute approximate surface area is 124 Å². The molecule has 1 aliphatic rings. The molecule has 0 radical (unpaired) electrons. The van der Waals surface area contributed by atoms with Crippen molar-refractivity contribution in [2.45, 2.75) is 37.9 Å². The summed E-state index contributed by atoms with van der Waals surface area (Å²) in [7, 11) is 1.86. The molecule has 0 aliphatic heterocycles. The highest BCUT2D eigenvalue weighted by Crippen LogP contribution is 2.35. The topological polar surface area (TPSA) is 68.5 Å². The molecule has 2 aromatic heterocycles. The minimum atomic E-state index is -4.48. The van der Waals surface area contributed by atoms with E-state index >= 15 is 0 Å². The lowest BCUT2D eigenvalue weighted by atomic mass is 9.85. The SMILES string of the molecule is Cn1c(CNc2nccc(C(F)(F)F)n2)nnc1C1CCC1. The molecular formula is C13H15F3N6. The first-order valence-corrected chi connectivity index (χ1v) is 6.97. The molecule has 2 aromatic rings. The van der Waals surface area contributed by atoms with Crippen LogP contribution in [0.5, 0.6) is 0 Å². The van der Waals surface area contributed by atoms with Crippen LogP contribution in [0.4, 0.5) is 19.1 Å². The van der Waals surface area contributed by atoms with Gasteiger partial charge < -0.3 is 9.88 Å². The summed E-state index contributed by atoms with van der Waals surface area (Å²) in [4.78, 5) is 7.24. The van der Waals surface area contributed by atoms with E-state index in [4.69, 9.17) is 0 Å². The zero-order valence-electron chi connectivity index (χ0n) is 11.9. The number of hydrogen-bond donors (Lipinski definition) is 1. The van der Waals surface area contributed by atoms with Crippen LogP contribution in [-0.4, -0.2) is 24.7 Å². The van der Waals surface area contributed by atoms with E-state index < -0.39 is 11.9 Å². The van der Waals surface area contributed by atoms with Crippen LogP contribution < -0.4 is 5.32 Å². The summed E-state index contributed by atoms with van der Waals surface area (Å²) >= 11 is 0. The first kappa shape index (κ1) is 14.7. The zero-order valence-corrected chi connectivity index (χ0v) is 11.9. The third-order valence-corrected chi connectivity index (χ3v) is 3.82. The van der Waals surface area contributed by atoms with Crippen molar-refractivity contribution >= 4 is 5.95 Å². The van der Waals surface area contributed by atoms with Crippen LogP contribution in [0.1, 0.15) is 42.5 Å². The predicted molar refractivity (Wildman–Crippen MR) is 72.0 cm³/mol. The van der Waals surface area contributed by atoms with Crippen molar-refractivity contribution in [3.63, 3.8) is 0 Å². The molecule has 22 heavy (non-hydrogen) atoms. The maximum Gasteiger partial charge on any atom is 0.433 e. The monoisotopic (exact) mass is 312 g/mol. The average molecular weight is 312 g/mol. The van der Waals surface area contributed by atoms with Crippen molar-refractivity contribution in [1.82, 2.24) is 24.7 Å². The molecule has 0 aromatic carbocycles. The van der Waals surface area contributed by atoms with Gasteiger partial charge in [-0.25, -0.2) is 9.97 Å². The van der Waals surface area contributed by atoms with Crippen molar-refractivity contribution < 1.29 is 13.2 Å². The van der Waals surface area contributed by atoms with E-state index in [1.165, 1.54) is 6.42 Å². The van der Waals surface area contributed by atoms with Gasteiger partial charge in [0.15, 0.2) is 5.82 Å². The molecule has 9 heteroatoms. The molecule has 6 nitrogen and oxygen atoms in total. The Kier molecular flexibility index (Phi) is 3.71. The molecular weight excluding hydrogens is 297 g/mol. The Hall–Kier alpha value is -2.19. The fourth-order valence-corrected chi connectivity index (χ4v) is 2.31. The number of nitrogens with zero attached hydrogens (tertiary/aromatic N) is 5. The van der Waals surface area contributed by atoms with Gasteiger partial charge in [-0.1, -0.05) is 6.42 Å². The smallest absolute Gasteiger partial charge is 0.347 e. The number of anilines is 1. The van der Waals surface area contributed by atoms with Gasteiger partial charge in [0.2, 0.25) is 5.95 Å². The lowest BCUT2D eigenvalue weighted by Gasteiger charge is -2.24. The third-order valence-electron chi connectivity index (χ3n) is 3.82. The number of nitrogens with one attached hydrogen (secondary N) is 1. The maximum absolute atomic E-state index is 12.6. The molecule has 3 rings (SSSR count). The first-order chi connectivity index (χ1) is 10.4. The number of halogens is 3. The van der Waals surface area contributed by atoms with Crippen LogP contribution in [0, 0.1) is 0 Å². The van der Waals surface area contributed by atoms with Crippen LogP contribution >= 0.6 is 0 Å². The van der Waals surface area contributed by atoms with Crippen molar-refractivity contribution in [1.29, 1.82) is 0 Å². The molecule has 0 saturated heterocycles. The lowest BCUT2D eigenvalue weighted by Crippen LogP contribution is -2.16. The van der Waals surface area contributed by atoms with Gasteiger partial charge in [-0.3, -0.25) is 0 Å². The fraction of sp³-hybridized carbons (Fsp3) is 0.538. The summed E-state index contributed by atoms with van der Waals surface area (Å²) in [6.07, 6.45) is 0.00558. The maximum atomic E-state index is 12.6. The molecule has 118 valence electrons. The molecule has 1 aliphatic carbocycles. The van der Waals surface area contributed by atoms with E-state index in [2.05, 4.69) is 25.5 Å².